The van der Waals surface area contributed by atoms with Gasteiger partial charge < -0.3 is 10.4 Å². The molecule has 9 heavy (non-hydrogen) atoms. The third-order valence-electron chi connectivity index (χ3n) is 0.328. The Labute approximate surface area is 51.5 Å². The SMILES string of the molecule is CNCC(=O)O.OOO. The number of carboxylic acid groups (broad SMARTS) is 1. The van der Waals surface area contributed by atoms with Crippen LogP contribution in [0.2, 0.25) is 0 Å². The van der Waals surface area contributed by atoms with Gasteiger partial charge >= 0.3 is 5.97 Å². The second-order valence-electron chi connectivity index (χ2n) is 1.01. The fourth-order valence-corrected chi connectivity index (χ4v) is 0.151. The molecule has 0 aliphatic heterocycles. The first-order valence-corrected chi connectivity index (χ1v) is 2.00. The van der Waals surface area contributed by atoms with Gasteiger partial charge in [-0.2, -0.15) is 0 Å². The van der Waals surface area contributed by atoms with Gasteiger partial charge in [0.05, 0.1) is 6.54 Å². The van der Waals surface area contributed by atoms with Crippen LogP contribution >= 0.6 is 0 Å². The summed E-state index contributed by atoms with van der Waals surface area (Å²) in [7, 11) is 1.59. The van der Waals surface area contributed by atoms with Crippen LogP contribution in [0.15, 0.2) is 0 Å². The third kappa shape index (κ3) is 38.6. The van der Waals surface area contributed by atoms with E-state index in [0.717, 1.165) is 0 Å². The highest BCUT2D eigenvalue weighted by atomic mass is 17.4. The van der Waals surface area contributed by atoms with Crippen LogP contribution in [0.3, 0.4) is 0 Å². The number of rotatable bonds is 2. The van der Waals surface area contributed by atoms with E-state index in [0.29, 0.717) is 0 Å². The molecule has 0 fully saturated rings. The number of carboxylic acids is 1. The van der Waals surface area contributed by atoms with E-state index in [9.17, 15) is 4.79 Å². The molecule has 0 bridgehead atoms. The van der Waals surface area contributed by atoms with Crippen LogP contribution in [-0.4, -0.2) is 35.2 Å². The number of nitrogens with one attached hydrogen (secondary N) is 1. The van der Waals surface area contributed by atoms with Crippen LogP contribution in [0.4, 0.5) is 0 Å². The standard InChI is InChI=1S/C3H7NO2.H2O3/c1-4-2-3(5)6;1-3-2/h4H,2H2,1H3,(H,5,6);1-2H. The Bertz CT molecular complexity index is 65.2. The van der Waals surface area contributed by atoms with E-state index < -0.39 is 5.97 Å². The molecule has 0 heterocycles. The Morgan fingerprint density at radius 2 is 2.00 bits per heavy atom. The zero-order chi connectivity index (χ0) is 7.70. The monoisotopic (exact) mass is 139 g/mol. The molecule has 0 saturated heterocycles. The van der Waals surface area contributed by atoms with E-state index in [1.807, 2.05) is 0 Å². The molecule has 0 rings (SSSR count). The summed E-state index contributed by atoms with van der Waals surface area (Å²) in [6.45, 7) is 0.0417. The van der Waals surface area contributed by atoms with Crippen molar-refractivity contribution < 1.29 is 25.5 Å². The van der Waals surface area contributed by atoms with Gasteiger partial charge in [0, 0.05) is 0 Å². The van der Waals surface area contributed by atoms with E-state index >= 15 is 0 Å². The van der Waals surface area contributed by atoms with Crippen molar-refractivity contribution in [2.75, 3.05) is 13.6 Å². The zero-order valence-corrected chi connectivity index (χ0v) is 4.87. The van der Waals surface area contributed by atoms with Gasteiger partial charge in [0.15, 0.2) is 0 Å². The molecule has 56 valence electrons. The largest absolute Gasteiger partial charge is 0.480 e. The molecule has 0 saturated carbocycles. The second kappa shape index (κ2) is 10.3. The first kappa shape index (κ1) is 11.2. The van der Waals surface area contributed by atoms with Crippen LogP contribution in [0.5, 0.6) is 0 Å². The predicted octanol–water partition coefficient (Wildman–Crippen LogP) is -0.761. The minimum Gasteiger partial charge on any atom is -0.480 e. The van der Waals surface area contributed by atoms with Gasteiger partial charge in [0.2, 0.25) is 0 Å². The molecule has 0 aromatic rings. The lowest BCUT2D eigenvalue weighted by atomic mass is 10.7. The number of likely N-dealkylation sites (N-methyl/N-ethyl adjacent to an activating group) is 1. The zero-order valence-electron chi connectivity index (χ0n) is 4.87. The van der Waals surface area contributed by atoms with Crippen LogP contribution < -0.4 is 5.32 Å². The molecular weight excluding hydrogens is 130 g/mol. The number of hydrogen-bond acceptors (Lipinski definition) is 5. The molecule has 0 spiro atoms. The fraction of sp³-hybridized carbons (Fsp3) is 0.667. The highest BCUT2D eigenvalue weighted by molar-refractivity contribution is 5.68. The van der Waals surface area contributed by atoms with Crippen molar-refractivity contribution in [1.82, 2.24) is 5.32 Å². The summed E-state index contributed by atoms with van der Waals surface area (Å²) in [5, 5.41) is 25.8. The summed E-state index contributed by atoms with van der Waals surface area (Å²) in [5.41, 5.74) is 0. The molecule has 0 atom stereocenters. The lowest BCUT2D eigenvalue weighted by Crippen LogP contribution is -2.16. The summed E-state index contributed by atoms with van der Waals surface area (Å²) in [5.74, 6) is -0.822. The average Bonchev–Trinajstić information content (AvgIpc) is 1.67. The van der Waals surface area contributed by atoms with Crippen molar-refractivity contribution in [3.8, 4) is 0 Å². The Morgan fingerprint density at radius 3 is 2.00 bits per heavy atom. The van der Waals surface area contributed by atoms with Gasteiger partial charge in [-0.1, -0.05) is 5.04 Å². The van der Waals surface area contributed by atoms with Crippen molar-refractivity contribution >= 4 is 5.97 Å². The summed E-state index contributed by atoms with van der Waals surface area (Å²) < 4.78 is 0. The average molecular weight is 139 g/mol. The molecule has 0 aliphatic rings. The Balaban J connectivity index is 0. The fourth-order valence-electron chi connectivity index (χ4n) is 0.151. The highest BCUT2D eigenvalue weighted by Gasteiger charge is 1.86. The molecule has 0 aromatic heterocycles. The molecule has 0 radical (unpaired) electrons. The molecule has 0 aliphatic carbocycles. The minimum atomic E-state index is -0.822. The molecule has 6 heteroatoms. The maximum atomic E-state index is 9.54. The Hall–Kier alpha value is -0.690. The minimum absolute atomic E-state index is 0.0417. The van der Waals surface area contributed by atoms with Crippen molar-refractivity contribution in [3.63, 3.8) is 0 Å². The number of carbonyl (C=O) groups is 1. The number of hydrogen-bond donors (Lipinski definition) is 4. The van der Waals surface area contributed by atoms with Gasteiger partial charge in [0.25, 0.3) is 0 Å². The van der Waals surface area contributed by atoms with Gasteiger partial charge in [-0.25, -0.2) is 10.5 Å². The molecule has 6 nitrogen and oxygen atoms in total. The van der Waals surface area contributed by atoms with E-state index in [1.165, 1.54) is 0 Å². The van der Waals surface area contributed by atoms with Crippen LogP contribution in [0.1, 0.15) is 0 Å². The van der Waals surface area contributed by atoms with E-state index in [-0.39, 0.29) is 6.54 Å². The van der Waals surface area contributed by atoms with Gasteiger partial charge in [-0.15, -0.1) is 0 Å². The van der Waals surface area contributed by atoms with Crippen LogP contribution in [-0.2, 0) is 9.83 Å². The third-order valence-corrected chi connectivity index (χ3v) is 0.328. The summed E-state index contributed by atoms with van der Waals surface area (Å²) >= 11 is 0. The molecular formula is C3H9NO5. The first-order valence-electron chi connectivity index (χ1n) is 2.00. The maximum Gasteiger partial charge on any atom is 0.317 e. The van der Waals surface area contributed by atoms with Crippen LogP contribution in [0, 0.1) is 0 Å². The molecule has 0 aromatic carbocycles. The van der Waals surface area contributed by atoms with Crippen LogP contribution in [0.25, 0.3) is 0 Å². The quantitative estimate of drug-likeness (QED) is 0.296. The van der Waals surface area contributed by atoms with Crippen molar-refractivity contribution in [2.24, 2.45) is 0 Å². The van der Waals surface area contributed by atoms with Crippen molar-refractivity contribution in [3.05, 3.63) is 0 Å². The summed E-state index contributed by atoms with van der Waals surface area (Å²) in [6, 6.07) is 0. The van der Waals surface area contributed by atoms with E-state index in [1.54, 1.807) is 7.05 Å². The molecule has 0 unspecified atom stereocenters. The second-order valence-corrected chi connectivity index (χ2v) is 1.01. The Morgan fingerprint density at radius 1 is 1.67 bits per heavy atom. The van der Waals surface area contributed by atoms with Gasteiger partial charge in [-0.3, -0.25) is 4.79 Å². The molecule has 4 N–H and O–H groups in total. The highest BCUT2D eigenvalue weighted by Crippen LogP contribution is 1.50. The first-order chi connectivity index (χ1) is 4.18. The number of aliphatic carboxylic acids is 1. The topological polar surface area (TPSA) is 99.0 Å². The molecule has 0 amide bonds. The lowest BCUT2D eigenvalue weighted by Gasteiger charge is -1.84. The maximum absolute atomic E-state index is 9.54. The van der Waals surface area contributed by atoms with Gasteiger partial charge in [0.1, 0.15) is 0 Å². The van der Waals surface area contributed by atoms with E-state index in [2.05, 4.69) is 10.4 Å². The lowest BCUT2D eigenvalue weighted by molar-refractivity contribution is -0.465. The predicted molar refractivity (Wildman–Crippen MR) is 27.9 cm³/mol. The van der Waals surface area contributed by atoms with Gasteiger partial charge in [-0.05, 0) is 7.05 Å². The summed E-state index contributed by atoms with van der Waals surface area (Å²) in [6.07, 6.45) is 0. The normalized spacial score (nSPS) is 7.44. The Kier molecular flexibility index (Phi) is 12.8. The summed E-state index contributed by atoms with van der Waals surface area (Å²) in [4.78, 5) is 9.54. The van der Waals surface area contributed by atoms with Crippen molar-refractivity contribution in [1.29, 1.82) is 0 Å². The smallest absolute Gasteiger partial charge is 0.317 e. The van der Waals surface area contributed by atoms with Crippen molar-refractivity contribution in [2.45, 2.75) is 0 Å². The van der Waals surface area contributed by atoms with E-state index in [4.69, 9.17) is 15.6 Å².